The molecule has 0 spiro atoms. The van der Waals surface area contributed by atoms with E-state index in [1.54, 1.807) is 0 Å². The van der Waals surface area contributed by atoms with Gasteiger partial charge in [-0.1, -0.05) is 136 Å². The summed E-state index contributed by atoms with van der Waals surface area (Å²) in [5.74, 6) is -0.796. The van der Waals surface area contributed by atoms with Gasteiger partial charge in [0.1, 0.15) is 6.10 Å². The van der Waals surface area contributed by atoms with Crippen LogP contribution in [0.3, 0.4) is 0 Å². The summed E-state index contributed by atoms with van der Waals surface area (Å²) in [6.45, 7) is 4.52. The predicted octanol–water partition coefficient (Wildman–Crippen LogP) is 10.6. The molecule has 0 heterocycles. The van der Waals surface area contributed by atoms with Crippen LogP contribution >= 0.6 is 0 Å². The lowest BCUT2D eigenvalue weighted by molar-refractivity contribution is -0.150. The standard InChI is InChI=1S/C32H62O4/c1-3-5-7-9-11-13-14-15-16-17-19-21-23-29-32(35)36-30(27-24-25-28-31(33)34)26-22-20-18-12-10-8-6-4-2/h30H,3-29H2,1-2H3,(H,33,34). The van der Waals surface area contributed by atoms with E-state index >= 15 is 0 Å². The van der Waals surface area contributed by atoms with E-state index in [1.165, 1.54) is 116 Å². The zero-order valence-corrected chi connectivity index (χ0v) is 24.3. The monoisotopic (exact) mass is 510 g/mol. The van der Waals surface area contributed by atoms with Crippen LogP contribution in [0.4, 0.5) is 0 Å². The average Bonchev–Trinajstić information content (AvgIpc) is 2.85. The molecule has 36 heavy (non-hydrogen) atoms. The van der Waals surface area contributed by atoms with Crippen molar-refractivity contribution in [3.8, 4) is 0 Å². The molecule has 0 radical (unpaired) electrons. The van der Waals surface area contributed by atoms with Gasteiger partial charge < -0.3 is 9.84 Å². The first-order valence-electron chi connectivity index (χ1n) is 16.0. The number of carboxylic acids is 1. The topological polar surface area (TPSA) is 63.6 Å². The Labute approximate surface area is 224 Å². The fraction of sp³-hybridized carbons (Fsp3) is 0.938. The molecule has 0 aliphatic heterocycles. The van der Waals surface area contributed by atoms with E-state index in [1.807, 2.05) is 0 Å². The highest BCUT2D eigenvalue weighted by Crippen LogP contribution is 2.18. The Hall–Kier alpha value is -1.06. The van der Waals surface area contributed by atoms with Crippen LogP contribution in [0.15, 0.2) is 0 Å². The van der Waals surface area contributed by atoms with Crippen molar-refractivity contribution in [2.75, 3.05) is 0 Å². The van der Waals surface area contributed by atoms with Crippen molar-refractivity contribution < 1.29 is 19.4 Å². The maximum absolute atomic E-state index is 12.4. The SMILES string of the molecule is CCCCCCCCCCCCCCCC(=O)OC(CCCCCCCCCC)CCCCC(=O)O. The Balaban J connectivity index is 3.86. The fourth-order valence-electron chi connectivity index (χ4n) is 4.95. The fourth-order valence-corrected chi connectivity index (χ4v) is 4.95. The Morgan fingerprint density at radius 3 is 1.25 bits per heavy atom. The van der Waals surface area contributed by atoms with Crippen molar-refractivity contribution >= 4 is 11.9 Å². The van der Waals surface area contributed by atoms with Crippen LogP contribution in [0.5, 0.6) is 0 Å². The number of carbonyl (C=O) groups excluding carboxylic acids is 1. The van der Waals surface area contributed by atoms with Gasteiger partial charge in [0.05, 0.1) is 0 Å². The number of aliphatic carboxylic acids is 1. The average molecular weight is 511 g/mol. The molecule has 1 unspecified atom stereocenters. The molecule has 0 fully saturated rings. The summed E-state index contributed by atoms with van der Waals surface area (Å²) in [5, 5.41) is 8.87. The predicted molar refractivity (Wildman–Crippen MR) is 154 cm³/mol. The van der Waals surface area contributed by atoms with E-state index in [-0.39, 0.29) is 18.5 Å². The molecule has 0 saturated heterocycles. The summed E-state index contributed by atoms with van der Waals surface area (Å²) >= 11 is 0. The molecule has 0 aliphatic rings. The van der Waals surface area contributed by atoms with Crippen molar-refractivity contribution in [2.24, 2.45) is 0 Å². The zero-order chi connectivity index (χ0) is 26.5. The van der Waals surface area contributed by atoms with E-state index in [0.717, 1.165) is 38.5 Å². The third-order valence-electron chi connectivity index (χ3n) is 7.33. The van der Waals surface area contributed by atoms with Crippen LogP contribution in [0, 0.1) is 0 Å². The van der Waals surface area contributed by atoms with Crippen LogP contribution in [-0.4, -0.2) is 23.1 Å². The Morgan fingerprint density at radius 1 is 0.500 bits per heavy atom. The van der Waals surface area contributed by atoms with Gasteiger partial charge >= 0.3 is 11.9 Å². The second kappa shape index (κ2) is 28.5. The number of rotatable bonds is 29. The largest absolute Gasteiger partial charge is 0.481 e. The second-order valence-electron chi connectivity index (χ2n) is 11.0. The van der Waals surface area contributed by atoms with E-state index in [0.29, 0.717) is 12.8 Å². The molecule has 0 aromatic rings. The molecule has 0 aromatic carbocycles. The summed E-state index contributed by atoms with van der Waals surface area (Å²) in [6, 6.07) is 0. The lowest BCUT2D eigenvalue weighted by atomic mass is 10.0. The highest BCUT2D eigenvalue weighted by atomic mass is 16.5. The minimum atomic E-state index is -0.742. The molecule has 4 heteroatoms. The van der Waals surface area contributed by atoms with Crippen molar-refractivity contribution in [1.29, 1.82) is 0 Å². The summed E-state index contributed by atoms with van der Waals surface area (Å²) in [5.41, 5.74) is 0. The van der Waals surface area contributed by atoms with Gasteiger partial charge in [-0.2, -0.15) is 0 Å². The Bertz CT molecular complexity index is 477. The number of ether oxygens (including phenoxy) is 1. The van der Waals surface area contributed by atoms with E-state index < -0.39 is 5.97 Å². The third kappa shape index (κ3) is 27.5. The van der Waals surface area contributed by atoms with Gasteiger partial charge in [0.25, 0.3) is 0 Å². The van der Waals surface area contributed by atoms with Gasteiger partial charge in [-0.3, -0.25) is 9.59 Å². The van der Waals surface area contributed by atoms with Crippen LogP contribution in [-0.2, 0) is 14.3 Å². The molecule has 0 amide bonds. The Kier molecular flexibility index (Phi) is 27.7. The summed E-state index contributed by atoms with van der Waals surface area (Å²) in [7, 11) is 0. The smallest absolute Gasteiger partial charge is 0.306 e. The van der Waals surface area contributed by atoms with Crippen molar-refractivity contribution in [3.63, 3.8) is 0 Å². The van der Waals surface area contributed by atoms with Crippen LogP contribution in [0.2, 0.25) is 0 Å². The maximum atomic E-state index is 12.4. The first-order valence-corrected chi connectivity index (χ1v) is 16.0. The van der Waals surface area contributed by atoms with Crippen LogP contribution in [0.25, 0.3) is 0 Å². The number of carbonyl (C=O) groups is 2. The van der Waals surface area contributed by atoms with Gasteiger partial charge in [0, 0.05) is 12.8 Å². The van der Waals surface area contributed by atoms with E-state index in [2.05, 4.69) is 13.8 Å². The molecule has 0 rings (SSSR count). The Morgan fingerprint density at radius 2 is 0.833 bits per heavy atom. The molecule has 0 bridgehead atoms. The van der Waals surface area contributed by atoms with Crippen molar-refractivity contribution in [1.82, 2.24) is 0 Å². The normalized spacial score (nSPS) is 12.1. The number of esters is 1. The first-order chi connectivity index (χ1) is 17.6. The van der Waals surface area contributed by atoms with E-state index in [4.69, 9.17) is 9.84 Å². The molecule has 214 valence electrons. The van der Waals surface area contributed by atoms with Gasteiger partial charge in [-0.15, -0.1) is 0 Å². The van der Waals surface area contributed by atoms with Gasteiger partial charge in [0.15, 0.2) is 0 Å². The van der Waals surface area contributed by atoms with Crippen molar-refractivity contribution in [2.45, 2.75) is 193 Å². The van der Waals surface area contributed by atoms with E-state index in [9.17, 15) is 9.59 Å². The highest BCUT2D eigenvalue weighted by molar-refractivity contribution is 5.69. The molecule has 0 aliphatic carbocycles. The van der Waals surface area contributed by atoms with Gasteiger partial charge in [0.2, 0.25) is 0 Å². The van der Waals surface area contributed by atoms with Crippen LogP contribution in [0.1, 0.15) is 187 Å². The quantitative estimate of drug-likeness (QED) is 0.0802. The third-order valence-corrected chi connectivity index (χ3v) is 7.33. The highest BCUT2D eigenvalue weighted by Gasteiger charge is 2.14. The van der Waals surface area contributed by atoms with Crippen LogP contribution < -0.4 is 0 Å². The minimum absolute atomic E-state index is 0.0339. The zero-order valence-electron chi connectivity index (χ0n) is 24.3. The van der Waals surface area contributed by atoms with Gasteiger partial charge in [-0.05, 0) is 38.5 Å². The molecule has 4 nitrogen and oxygen atoms in total. The lowest BCUT2D eigenvalue weighted by Gasteiger charge is -2.18. The summed E-state index contributed by atoms with van der Waals surface area (Å²) in [6.07, 6.45) is 31.1. The lowest BCUT2D eigenvalue weighted by Crippen LogP contribution is -2.18. The summed E-state index contributed by atoms with van der Waals surface area (Å²) in [4.78, 5) is 23.2. The van der Waals surface area contributed by atoms with Crippen molar-refractivity contribution in [3.05, 3.63) is 0 Å². The number of hydrogen-bond acceptors (Lipinski definition) is 3. The number of carboxylic acid groups (broad SMARTS) is 1. The molecular weight excluding hydrogens is 448 g/mol. The molecule has 1 N–H and O–H groups in total. The van der Waals surface area contributed by atoms with Gasteiger partial charge in [-0.25, -0.2) is 0 Å². The summed E-state index contributed by atoms with van der Waals surface area (Å²) < 4.78 is 5.84. The maximum Gasteiger partial charge on any atom is 0.306 e. The minimum Gasteiger partial charge on any atom is -0.481 e. The molecule has 1 atom stereocenters. The molecular formula is C32H62O4. The number of hydrogen-bond donors (Lipinski definition) is 1. The first kappa shape index (κ1) is 34.9. The molecule has 0 saturated carbocycles. The molecule has 0 aromatic heterocycles. The second-order valence-corrected chi connectivity index (χ2v) is 11.0. The number of unbranched alkanes of at least 4 members (excludes halogenated alkanes) is 20.